The van der Waals surface area contributed by atoms with Gasteiger partial charge in [0.05, 0.1) is 18.2 Å². The van der Waals surface area contributed by atoms with E-state index in [0.29, 0.717) is 12.3 Å². The predicted molar refractivity (Wildman–Crippen MR) is 101 cm³/mol. The zero-order valence-corrected chi connectivity index (χ0v) is 16.4. The van der Waals surface area contributed by atoms with Crippen LogP contribution < -0.4 is 5.32 Å². The number of nitrogens with one attached hydrogen (secondary N) is 1. The fourth-order valence-electron chi connectivity index (χ4n) is 3.49. The van der Waals surface area contributed by atoms with Crippen molar-refractivity contribution in [3.05, 3.63) is 35.6 Å². The van der Waals surface area contributed by atoms with Gasteiger partial charge in [0.15, 0.2) is 0 Å². The molecule has 1 saturated carbocycles. The van der Waals surface area contributed by atoms with E-state index in [0.717, 1.165) is 10.6 Å². The van der Waals surface area contributed by atoms with Crippen LogP contribution in [0.3, 0.4) is 0 Å². The number of hydrogen-bond donors (Lipinski definition) is 2. The summed E-state index contributed by atoms with van der Waals surface area (Å²) in [7, 11) is 0. The Kier molecular flexibility index (Phi) is 5.30. The molecule has 2 heterocycles. The first-order chi connectivity index (χ1) is 12.8. The molecule has 3 rings (SSSR count). The molecule has 2 aromatic heterocycles. The first-order valence-electron chi connectivity index (χ1n) is 8.81. The number of thiazole rings is 1. The van der Waals surface area contributed by atoms with Crippen molar-refractivity contribution in [2.75, 3.05) is 6.61 Å². The maximum Gasteiger partial charge on any atom is 0.330 e. The van der Waals surface area contributed by atoms with Gasteiger partial charge in [-0.05, 0) is 19.1 Å². The van der Waals surface area contributed by atoms with Gasteiger partial charge in [0.25, 0.3) is 0 Å². The second-order valence-electron chi connectivity index (χ2n) is 7.19. The highest BCUT2D eigenvalue weighted by Gasteiger charge is 2.66. The summed E-state index contributed by atoms with van der Waals surface area (Å²) in [6.07, 6.45) is 3.49. The number of carboxylic acids is 1. The Balaban J connectivity index is 1.70. The van der Waals surface area contributed by atoms with Crippen LogP contribution in [0.15, 0.2) is 29.9 Å². The van der Waals surface area contributed by atoms with E-state index < -0.39 is 16.9 Å². The van der Waals surface area contributed by atoms with E-state index in [4.69, 9.17) is 4.74 Å². The average Bonchev–Trinajstić information content (AvgIpc) is 3.09. The number of aromatic nitrogens is 2. The summed E-state index contributed by atoms with van der Waals surface area (Å²) in [5, 5.41) is 15.1. The quantitative estimate of drug-likeness (QED) is 0.755. The van der Waals surface area contributed by atoms with Gasteiger partial charge in [-0.2, -0.15) is 0 Å². The fraction of sp³-hybridized carbons (Fsp3) is 0.474. The molecule has 2 aromatic rings. The summed E-state index contributed by atoms with van der Waals surface area (Å²) < 4.78 is 5.62. The van der Waals surface area contributed by atoms with Crippen molar-refractivity contribution in [2.24, 2.45) is 5.41 Å². The van der Waals surface area contributed by atoms with E-state index in [1.165, 1.54) is 11.3 Å². The van der Waals surface area contributed by atoms with Crippen molar-refractivity contribution < 1.29 is 19.4 Å². The second-order valence-corrected chi connectivity index (χ2v) is 8.05. The maximum absolute atomic E-state index is 12.6. The van der Waals surface area contributed by atoms with Crippen LogP contribution in [0.25, 0.3) is 10.6 Å². The van der Waals surface area contributed by atoms with E-state index in [-0.39, 0.29) is 24.9 Å². The molecular weight excluding hydrogens is 366 g/mol. The minimum absolute atomic E-state index is 0.0289. The molecule has 0 radical (unpaired) electrons. The predicted octanol–water partition coefficient (Wildman–Crippen LogP) is 2.52. The summed E-state index contributed by atoms with van der Waals surface area (Å²) in [6, 6.07) is 3.73. The molecule has 1 aliphatic carbocycles. The SMILES string of the molecule is CCOC1CC(NC(=O)Cc2csc(-c3cccnc3)n2)(C(=O)O)C1(C)C. The lowest BCUT2D eigenvalue weighted by molar-refractivity contribution is -0.194. The van der Waals surface area contributed by atoms with Gasteiger partial charge < -0.3 is 15.2 Å². The average molecular weight is 389 g/mol. The first kappa shape index (κ1) is 19.4. The zero-order valence-electron chi connectivity index (χ0n) is 15.6. The van der Waals surface area contributed by atoms with Gasteiger partial charge in [-0.15, -0.1) is 11.3 Å². The van der Waals surface area contributed by atoms with E-state index in [2.05, 4.69) is 15.3 Å². The Morgan fingerprint density at radius 3 is 2.81 bits per heavy atom. The third-order valence-corrected chi connectivity index (χ3v) is 6.22. The molecule has 0 bridgehead atoms. The molecule has 1 fully saturated rings. The molecule has 2 N–H and O–H groups in total. The van der Waals surface area contributed by atoms with Crippen molar-refractivity contribution >= 4 is 23.2 Å². The molecule has 1 amide bonds. The van der Waals surface area contributed by atoms with Crippen LogP contribution in [0, 0.1) is 5.41 Å². The highest BCUT2D eigenvalue weighted by atomic mass is 32.1. The second kappa shape index (κ2) is 7.36. The third kappa shape index (κ3) is 3.46. The van der Waals surface area contributed by atoms with Gasteiger partial charge in [0.1, 0.15) is 10.5 Å². The van der Waals surface area contributed by atoms with Crippen molar-refractivity contribution in [3.8, 4) is 10.6 Å². The smallest absolute Gasteiger partial charge is 0.330 e. The Labute approximate surface area is 161 Å². The van der Waals surface area contributed by atoms with Gasteiger partial charge in [-0.25, -0.2) is 9.78 Å². The summed E-state index contributed by atoms with van der Waals surface area (Å²) in [6.45, 7) is 6.01. The molecule has 2 atom stereocenters. The number of carbonyl (C=O) groups excluding carboxylic acids is 1. The van der Waals surface area contributed by atoms with E-state index in [1.807, 2.05) is 38.3 Å². The number of amides is 1. The molecule has 0 saturated heterocycles. The van der Waals surface area contributed by atoms with Crippen molar-refractivity contribution in [2.45, 2.75) is 45.3 Å². The molecule has 8 heteroatoms. The number of rotatable bonds is 7. The Bertz CT molecular complexity index is 836. The number of carbonyl (C=O) groups is 2. The molecule has 1 aliphatic rings. The maximum atomic E-state index is 12.6. The number of hydrogen-bond acceptors (Lipinski definition) is 6. The molecule has 27 heavy (non-hydrogen) atoms. The third-order valence-electron chi connectivity index (χ3n) is 5.28. The van der Waals surface area contributed by atoms with Crippen molar-refractivity contribution in [1.29, 1.82) is 0 Å². The van der Waals surface area contributed by atoms with Gasteiger partial charge in [-0.3, -0.25) is 9.78 Å². The highest BCUT2D eigenvalue weighted by Crippen LogP contribution is 2.51. The number of aliphatic carboxylic acids is 1. The Morgan fingerprint density at radius 1 is 1.44 bits per heavy atom. The van der Waals surface area contributed by atoms with Gasteiger partial charge in [0.2, 0.25) is 5.91 Å². The number of nitrogens with zero attached hydrogens (tertiary/aromatic N) is 2. The van der Waals surface area contributed by atoms with Crippen LogP contribution in [0.4, 0.5) is 0 Å². The summed E-state index contributed by atoms with van der Waals surface area (Å²) in [4.78, 5) is 33.0. The zero-order chi connectivity index (χ0) is 19.7. The summed E-state index contributed by atoms with van der Waals surface area (Å²) in [5.41, 5.74) is -0.536. The Morgan fingerprint density at radius 2 is 2.22 bits per heavy atom. The van der Waals surface area contributed by atoms with E-state index in [1.54, 1.807) is 12.4 Å². The number of carboxylic acid groups (broad SMARTS) is 1. The minimum Gasteiger partial charge on any atom is -0.479 e. The van der Waals surface area contributed by atoms with Crippen molar-refractivity contribution in [3.63, 3.8) is 0 Å². The number of pyridine rings is 1. The molecular formula is C19H23N3O4S. The monoisotopic (exact) mass is 389 g/mol. The van der Waals surface area contributed by atoms with Crippen LogP contribution in [0.1, 0.15) is 32.9 Å². The standard InChI is InChI=1S/C19H23N3O4S/c1-4-26-14-9-19(17(24)25,18(14,2)3)22-15(23)8-13-11-27-16(21-13)12-6-5-7-20-10-12/h5-7,10-11,14H,4,8-9H2,1-3H3,(H,22,23)(H,24,25). The molecule has 0 aromatic carbocycles. The van der Waals surface area contributed by atoms with Gasteiger partial charge >= 0.3 is 5.97 Å². The number of ether oxygens (including phenoxy) is 1. The summed E-state index contributed by atoms with van der Waals surface area (Å²) >= 11 is 1.43. The molecule has 0 aliphatic heterocycles. The minimum atomic E-state index is -1.33. The van der Waals surface area contributed by atoms with Crippen LogP contribution in [0.2, 0.25) is 0 Å². The summed E-state index contributed by atoms with van der Waals surface area (Å²) in [5.74, 6) is -1.39. The van der Waals surface area contributed by atoms with Crippen LogP contribution >= 0.6 is 11.3 Å². The van der Waals surface area contributed by atoms with E-state index in [9.17, 15) is 14.7 Å². The lowest BCUT2D eigenvalue weighted by Gasteiger charge is -2.58. The molecule has 0 spiro atoms. The largest absolute Gasteiger partial charge is 0.479 e. The highest BCUT2D eigenvalue weighted by molar-refractivity contribution is 7.13. The first-order valence-corrected chi connectivity index (χ1v) is 9.69. The normalized spacial score (nSPS) is 23.4. The van der Waals surface area contributed by atoms with Gasteiger partial charge in [0, 0.05) is 41.8 Å². The van der Waals surface area contributed by atoms with Gasteiger partial charge in [-0.1, -0.05) is 13.8 Å². The van der Waals surface area contributed by atoms with Crippen LogP contribution in [-0.4, -0.2) is 45.2 Å². The van der Waals surface area contributed by atoms with Crippen LogP contribution in [-0.2, 0) is 20.7 Å². The molecule has 144 valence electrons. The molecule has 7 nitrogen and oxygen atoms in total. The van der Waals surface area contributed by atoms with Crippen molar-refractivity contribution in [1.82, 2.24) is 15.3 Å². The lowest BCUT2D eigenvalue weighted by Crippen LogP contribution is -2.76. The lowest BCUT2D eigenvalue weighted by atomic mass is 9.54. The molecule has 2 unspecified atom stereocenters. The Hall–Kier alpha value is -2.32. The van der Waals surface area contributed by atoms with Crippen LogP contribution in [0.5, 0.6) is 0 Å². The topological polar surface area (TPSA) is 101 Å². The fourth-order valence-corrected chi connectivity index (χ4v) is 4.30. The van der Waals surface area contributed by atoms with E-state index >= 15 is 0 Å².